The quantitative estimate of drug-likeness (QED) is 0.0492. The van der Waals surface area contributed by atoms with E-state index in [1.54, 1.807) is 6.08 Å². The molecule has 7 N–H and O–H groups in total. The van der Waals surface area contributed by atoms with E-state index in [4.69, 9.17) is 0 Å². The van der Waals surface area contributed by atoms with Crippen LogP contribution in [0.2, 0.25) is 0 Å². The number of hydrogen-bond donors (Lipinski definition) is 7. The van der Waals surface area contributed by atoms with Crippen LogP contribution in [0.15, 0.2) is 24.3 Å². The van der Waals surface area contributed by atoms with Gasteiger partial charge in [-0.3, -0.25) is 9.59 Å². The molecule has 10 nitrogen and oxygen atoms in total. The van der Waals surface area contributed by atoms with Gasteiger partial charge in [0.2, 0.25) is 11.8 Å². The van der Waals surface area contributed by atoms with Gasteiger partial charge in [-0.1, -0.05) is 56.9 Å². The molecule has 0 spiro atoms. The van der Waals surface area contributed by atoms with Gasteiger partial charge >= 0.3 is 6.03 Å². The van der Waals surface area contributed by atoms with Gasteiger partial charge in [-0.25, -0.2) is 4.79 Å². The largest absolute Gasteiger partial charge is 0.393 e. The number of unbranched alkanes of at least 4 members (excludes halogenated alkanes) is 6. The molecule has 3 rings (SSSR count). The predicted octanol–water partition coefficient (Wildman–Crippen LogP) is 4.09. The van der Waals surface area contributed by atoms with Crippen molar-refractivity contribution in [2.45, 2.75) is 145 Å². The first-order valence-corrected chi connectivity index (χ1v) is 18.9. The summed E-state index contributed by atoms with van der Waals surface area (Å²) in [5, 5.41) is 43.4. The van der Waals surface area contributed by atoms with E-state index >= 15 is 0 Å². The molecule has 0 bridgehead atoms. The summed E-state index contributed by atoms with van der Waals surface area (Å²) in [4.78, 5) is 35.8. The molecule has 2 heterocycles. The predicted molar refractivity (Wildman–Crippen MR) is 184 cm³/mol. The molecule has 46 heavy (non-hydrogen) atoms. The van der Waals surface area contributed by atoms with Crippen molar-refractivity contribution in [3.63, 3.8) is 0 Å². The minimum absolute atomic E-state index is 0.0526. The first-order valence-electron chi connectivity index (χ1n) is 17.9. The lowest BCUT2D eigenvalue weighted by molar-refractivity contribution is -0.121. The molecule has 0 radical (unpaired) electrons. The highest BCUT2D eigenvalue weighted by molar-refractivity contribution is 8.00. The van der Waals surface area contributed by atoms with Gasteiger partial charge in [0.1, 0.15) is 0 Å². The molecule has 0 aromatic carbocycles. The van der Waals surface area contributed by atoms with Crippen LogP contribution in [-0.2, 0) is 9.59 Å². The third-order valence-corrected chi connectivity index (χ3v) is 11.0. The van der Waals surface area contributed by atoms with Crippen LogP contribution in [0.1, 0.15) is 110 Å². The van der Waals surface area contributed by atoms with Crippen molar-refractivity contribution in [2.75, 3.05) is 18.8 Å². The van der Waals surface area contributed by atoms with Gasteiger partial charge < -0.3 is 36.6 Å². The number of aliphatic hydroxyl groups is 3. The van der Waals surface area contributed by atoms with Crippen LogP contribution in [0.4, 0.5) is 4.79 Å². The number of thioether (sulfide) groups is 1. The summed E-state index contributed by atoms with van der Waals surface area (Å²) in [6.45, 7) is 3.44. The monoisotopic (exact) mass is 664 g/mol. The molecule has 8 atom stereocenters. The Hall–Kier alpha value is -2.08. The van der Waals surface area contributed by atoms with Crippen molar-refractivity contribution < 1.29 is 29.7 Å². The summed E-state index contributed by atoms with van der Waals surface area (Å²) in [5.74, 6) is 0.875. The van der Waals surface area contributed by atoms with E-state index in [-0.39, 0.29) is 41.8 Å². The van der Waals surface area contributed by atoms with E-state index in [2.05, 4.69) is 34.3 Å². The topological polar surface area (TPSA) is 160 Å². The smallest absolute Gasteiger partial charge is 0.315 e. The average molecular weight is 665 g/mol. The maximum Gasteiger partial charge on any atom is 0.315 e. The number of fused-ring (bicyclic) bond motifs is 1. The van der Waals surface area contributed by atoms with Crippen LogP contribution in [0, 0.1) is 11.8 Å². The molecule has 0 aromatic rings. The number of urea groups is 1. The van der Waals surface area contributed by atoms with Crippen molar-refractivity contribution in [3.8, 4) is 0 Å². The SMILES string of the molecule is CCCCC[C@@H](O)/C=C/[C@@H]1[C@@H](C/C=C\CCCC(=O)NCCCCCNC(=O)CCCC[C@H]2SC[C@H]3NC(=O)N[C@@H]32)[C@@H](O)C[C@@H]1O. The number of carbonyl (C=O) groups is 3. The zero-order chi connectivity index (χ0) is 33.1. The normalized spacial score (nSPS) is 28.0. The Morgan fingerprint density at radius 2 is 1.67 bits per heavy atom. The lowest BCUT2D eigenvalue weighted by Crippen LogP contribution is -2.36. The first-order chi connectivity index (χ1) is 22.3. The molecule has 11 heteroatoms. The Kier molecular flexibility index (Phi) is 18.1. The van der Waals surface area contributed by atoms with Gasteiger partial charge in [-0.05, 0) is 63.7 Å². The van der Waals surface area contributed by atoms with Crippen LogP contribution in [0.25, 0.3) is 0 Å². The molecule has 2 aliphatic heterocycles. The Balaban J connectivity index is 1.13. The van der Waals surface area contributed by atoms with Gasteiger partial charge in [-0.15, -0.1) is 0 Å². The average Bonchev–Trinajstić information content (AvgIpc) is 3.66. The zero-order valence-electron chi connectivity index (χ0n) is 27.8. The standard InChI is InChI=1S/C35H60N4O6S/c1-2-3-7-14-25(40)19-20-27-26(29(41)23-30(27)42)15-8-4-5-9-17-32(43)36-21-12-6-13-22-37-33(44)18-11-10-16-31-34-28(24-46-31)38-35(45)39-34/h4,8,19-20,25-31,34,40-42H,2-3,5-7,9-18,21-24H2,1H3,(H,36,43)(H,37,44)(H2,38,39,45)/b8-4-,20-19+/t25-,26-,27-,28-,29+,30+,31-,34+/m1/s1. The molecule has 3 fully saturated rings. The van der Waals surface area contributed by atoms with Crippen molar-refractivity contribution in [1.29, 1.82) is 0 Å². The summed E-state index contributed by atoms with van der Waals surface area (Å²) in [6, 6.07) is 0.414. The van der Waals surface area contributed by atoms with E-state index in [1.165, 1.54) is 0 Å². The zero-order valence-corrected chi connectivity index (χ0v) is 28.7. The van der Waals surface area contributed by atoms with Crippen LogP contribution in [0.3, 0.4) is 0 Å². The number of hydrogen-bond acceptors (Lipinski definition) is 7. The van der Waals surface area contributed by atoms with Gasteiger partial charge in [0.25, 0.3) is 0 Å². The highest BCUT2D eigenvalue weighted by Crippen LogP contribution is 2.36. The maximum atomic E-state index is 12.2. The van der Waals surface area contributed by atoms with Crippen molar-refractivity contribution in [2.24, 2.45) is 11.8 Å². The van der Waals surface area contributed by atoms with Gasteiger partial charge in [0.15, 0.2) is 0 Å². The summed E-state index contributed by atoms with van der Waals surface area (Å²) in [5.41, 5.74) is 0. The molecule has 4 amide bonds. The summed E-state index contributed by atoms with van der Waals surface area (Å²) >= 11 is 1.91. The van der Waals surface area contributed by atoms with Crippen LogP contribution < -0.4 is 21.3 Å². The van der Waals surface area contributed by atoms with E-state index < -0.39 is 18.3 Å². The molecule has 2 saturated heterocycles. The Morgan fingerprint density at radius 3 is 2.41 bits per heavy atom. The number of aliphatic hydroxyl groups excluding tert-OH is 3. The maximum absolute atomic E-state index is 12.2. The summed E-state index contributed by atoms with van der Waals surface area (Å²) in [7, 11) is 0. The fraction of sp³-hybridized carbons (Fsp3) is 0.800. The molecule has 1 saturated carbocycles. The second kappa shape index (κ2) is 21.7. The lowest BCUT2D eigenvalue weighted by atomic mass is 9.89. The van der Waals surface area contributed by atoms with Crippen molar-refractivity contribution >= 4 is 29.6 Å². The molecular weight excluding hydrogens is 604 g/mol. The van der Waals surface area contributed by atoms with E-state index in [0.717, 1.165) is 82.8 Å². The third kappa shape index (κ3) is 14.0. The number of amides is 4. The number of carbonyl (C=O) groups excluding carboxylic acids is 3. The highest BCUT2D eigenvalue weighted by atomic mass is 32.2. The van der Waals surface area contributed by atoms with Gasteiger partial charge in [-0.2, -0.15) is 11.8 Å². The summed E-state index contributed by atoms with van der Waals surface area (Å²) < 4.78 is 0. The van der Waals surface area contributed by atoms with Gasteiger partial charge in [0, 0.05) is 49.3 Å². The molecule has 3 aliphatic rings. The second-order valence-electron chi connectivity index (χ2n) is 13.3. The van der Waals surface area contributed by atoms with E-state index in [9.17, 15) is 29.7 Å². The first kappa shape index (κ1) is 38.4. The number of rotatable bonds is 23. The third-order valence-electron chi connectivity index (χ3n) is 9.50. The van der Waals surface area contributed by atoms with Crippen molar-refractivity contribution in [3.05, 3.63) is 24.3 Å². The fourth-order valence-electron chi connectivity index (χ4n) is 6.75. The van der Waals surface area contributed by atoms with Crippen molar-refractivity contribution in [1.82, 2.24) is 21.3 Å². The highest BCUT2D eigenvalue weighted by Gasteiger charge is 2.42. The Labute approximate surface area is 280 Å². The van der Waals surface area contributed by atoms with E-state index in [1.807, 2.05) is 23.9 Å². The lowest BCUT2D eigenvalue weighted by Gasteiger charge is -2.19. The summed E-state index contributed by atoms with van der Waals surface area (Å²) in [6.07, 6.45) is 19.2. The van der Waals surface area contributed by atoms with Crippen LogP contribution in [0.5, 0.6) is 0 Å². The molecule has 1 aliphatic carbocycles. The van der Waals surface area contributed by atoms with Crippen LogP contribution >= 0.6 is 11.8 Å². The molecule has 262 valence electrons. The number of nitrogens with one attached hydrogen (secondary N) is 4. The number of allylic oxidation sites excluding steroid dienone is 2. The minimum atomic E-state index is -0.595. The van der Waals surface area contributed by atoms with Gasteiger partial charge in [0.05, 0.1) is 30.4 Å². The Morgan fingerprint density at radius 1 is 0.935 bits per heavy atom. The molecule has 0 aromatic heterocycles. The van der Waals surface area contributed by atoms with Crippen LogP contribution in [-0.4, -0.2) is 87.7 Å². The Bertz CT molecular complexity index is 981. The second-order valence-corrected chi connectivity index (χ2v) is 14.6. The molecular formula is C35H60N4O6S. The minimum Gasteiger partial charge on any atom is -0.393 e. The fourth-order valence-corrected chi connectivity index (χ4v) is 8.29. The molecule has 0 unspecified atom stereocenters. The van der Waals surface area contributed by atoms with E-state index in [0.29, 0.717) is 44.0 Å².